The van der Waals surface area contributed by atoms with Gasteiger partial charge in [0.15, 0.2) is 0 Å². The van der Waals surface area contributed by atoms with Gasteiger partial charge in [-0.1, -0.05) is 0 Å². The number of nitrogens with zero attached hydrogens (tertiary/aromatic N) is 3. The van der Waals surface area contributed by atoms with Crippen molar-refractivity contribution in [3.8, 4) is 6.07 Å². The van der Waals surface area contributed by atoms with Gasteiger partial charge < -0.3 is 15.7 Å². The van der Waals surface area contributed by atoms with Crippen LogP contribution in [0.15, 0.2) is 12.3 Å². The van der Waals surface area contributed by atoms with E-state index in [0.29, 0.717) is 0 Å². The molecule has 92 valence electrons. The van der Waals surface area contributed by atoms with Crippen molar-refractivity contribution < 1.29 is 13.9 Å². The summed E-state index contributed by atoms with van der Waals surface area (Å²) in [6, 6.07) is 3.20. The maximum atomic E-state index is 12.4. The Kier molecular flexibility index (Phi) is 4.60. The number of aromatic nitrogens is 1. The van der Waals surface area contributed by atoms with Gasteiger partial charge in [0, 0.05) is 6.54 Å². The van der Waals surface area contributed by atoms with Gasteiger partial charge in [0.05, 0.1) is 30.6 Å². The first kappa shape index (κ1) is 13.1. The Bertz CT molecular complexity index is 419. The molecule has 0 aromatic carbocycles. The summed E-state index contributed by atoms with van der Waals surface area (Å²) in [5.74, 6) is 0.107. The number of alkyl halides is 2. The topological polar surface area (TPSA) is 86.2 Å². The fourth-order valence-corrected chi connectivity index (χ4v) is 1.38. The van der Waals surface area contributed by atoms with Crippen molar-refractivity contribution in [1.29, 1.82) is 5.26 Å². The van der Waals surface area contributed by atoms with Crippen LogP contribution < -0.4 is 10.6 Å². The highest BCUT2D eigenvalue weighted by atomic mass is 19.3. The molecular weight excluding hydrogens is 230 g/mol. The maximum Gasteiger partial charge on any atom is 0.255 e. The number of nitrogens with two attached hydrogens (primary N) is 1. The first-order valence-corrected chi connectivity index (χ1v) is 4.88. The fourth-order valence-electron chi connectivity index (χ4n) is 1.38. The molecule has 17 heavy (non-hydrogen) atoms. The number of hydrogen-bond donors (Lipinski definition) is 2. The Morgan fingerprint density at radius 3 is 2.82 bits per heavy atom. The SMILES string of the molecule is N#Cc1cc(N)cnc1N(CCO)CC(F)F. The molecule has 0 fully saturated rings. The Morgan fingerprint density at radius 1 is 1.59 bits per heavy atom. The molecule has 0 saturated carbocycles. The third-order valence-corrected chi connectivity index (χ3v) is 2.04. The third-order valence-electron chi connectivity index (χ3n) is 2.04. The Morgan fingerprint density at radius 2 is 2.29 bits per heavy atom. The first-order valence-electron chi connectivity index (χ1n) is 4.88. The second kappa shape index (κ2) is 5.96. The lowest BCUT2D eigenvalue weighted by Gasteiger charge is -2.23. The molecule has 1 aromatic rings. The largest absolute Gasteiger partial charge is 0.397 e. The van der Waals surface area contributed by atoms with Crippen LogP contribution in [0.5, 0.6) is 0 Å². The molecule has 0 amide bonds. The van der Waals surface area contributed by atoms with E-state index in [0.717, 1.165) is 4.90 Å². The summed E-state index contributed by atoms with van der Waals surface area (Å²) in [6.07, 6.45) is -1.29. The molecule has 0 atom stereocenters. The van der Waals surface area contributed by atoms with Crippen LogP contribution in [0.2, 0.25) is 0 Å². The molecule has 0 unspecified atom stereocenters. The van der Waals surface area contributed by atoms with Crippen LogP contribution in [0.25, 0.3) is 0 Å². The number of nitrogen functional groups attached to an aromatic ring is 1. The predicted octanol–water partition coefficient (Wildman–Crippen LogP) is 0.599. The number of pyridine rings is 1. The zero-order valence-electron chi connectivity index (χ0n) is 8.98. The van der Waals surface area contributed by atoms with Crippen LogP contribution in [-0.4, -0.2) is 36.2 Å². The smallest absolute Gasteiger partial charge is 0.255 e. The zero-order valence-corrected chi connectivity index (χ0v) is 8.98. The molecule has 3 N–H and O–H groups in total. The lowest BCUT2D eigenvalue weighted by Crippen LogP contribution is -2.33. The van der Waals surface area contributed by atoms with E-state index >= 15 is 0 Å². The minimum Gasteiger partial charge on any atom is -0.397 e. The van der Waals surface area contributed by atoms with Crippen LogP contribution in [0.3, 0.4) is 0 Å². The number of aliphatic hydroxyl groups excluding tert-OH is 1. The van der Waals surface area contributed by atoms with E-state index in [2.05, 4.69) is 4.98 Å². The molecule has 1 heterocycles. The van der Waals surface area contributed by atoms with Crippen molar-refractivity contribution >= 4 is 11.5 Å². The number of rotatable bonds is 5. The molecule has 0 aliphatic carbocycles. The van der Waals surface area contributed by atoms with Crippen molar-refractivity contribution in [2.75, 3.05) is 30.3 Å². The number of aliphatic hydroxyl groups is 1. The highest BCUT2D eigenvalue weighted by molar-refractivity contribution is 5.58. The standard InChI is InChI=1S/C10H12F2N4O/c11-9(12)6-16(1-2-17)10-7(4-13)3-8(14)5-15-10/h3,5,9,17H,1-2,6,14H2. The quantitative estimate of drug-likeness (QED) is 0.789. The Labute approximate surface area is 97.1 Å². The maximum absolute atomic E-state index is 12.4. The predicted molar refractivity (Wildman–Crippen MR) is 58.7 cm³/mol. The molecule has 0 aliphatic heterocycles. The average molecular weight is 242 g/mol. The van der Waals surface area contributed by atoms with Gasteiger partial charge in [0.1, 0.15) is 11.9 Å². The second-order valence-corrected chi connectivity index (χ2v) is 3.31. The van der Waals surface area contributed by atoms with E-state index in [1.54, 1.807) is 0 Å². The van der Waals surface area contributed by atoms with Crippen LogP contribution in [0.4, 0.5) is 20.3 Å². The monoisotopic (exact) mass is 242 g/mol. The summed E-state index contributed by atoms with van der Waals surface area (Å²) in [4.78, 5) is 5.01. The molecule has 5 nitrogen and oxygen atoms in total. The van der Waals surface area contributed by atoms with Gasteiger partial charge in [0.2, 0.25) is 0 Å². The van der Waals surface area contributed by atoms with E-state index in [9.17, 15) is 8.78 Å². The van der Waals surface area contributed by atoms with Gasteiger partial charge in [-0.15, -0.1) is 0 Å². The molecule has 0 radical (unpaired) electrons. The number of hydrogen-bond acceptors (Lipinski definition) is 5. The summed E-state index contributed by atoms with van der Waals surface area (Å²) >= 11 is 0. The lowest BCUT2D eigenvalue weighted by atomic mass is 10.2. The molecule has 0 bridgehead atoms. The summed E-state index contributed by atoms with van der Waals surface area (Å²) in [5.41, 5.74) is 5.84. The highest BCUT2D eigenvalue weighted by Crippen LogP contribution is 2.19. The Balaban J connectivity index is 3.05. The number of nitriles is 1. The van der Waals surface area contributed by atoms with E-state index in [1.807, 2.05) is 6.07 Å². The molecule has 0 saturated heterocycles. The fraction of sp³-hybridized carbons (Fsp3) is 0.400. The van der Waals surface area contributed by atoms with Gasteiger partial charge >= 0.3 is 0 Å². The molecule has 0 aliphatic rings. The molecule has 1 aromatic heterocycles. The lowest BCUT2D eigenvalue weighted by molar-refractivity contribution is 0.152. The zero-order chi connectivity index (χ0) is 12.8. The van der Waals surface area contributed by atoms with Crippen molar-refractivity contribution in [3.63, 3.8) is 0 Å². The number of halogens is 2. The normalized spacial score (nSPS) is 10.3. The number of anilines is 2. The van der Waals surface area contributed by atoms with Crippen molar-refractivity contribution in [1.82, 2.24) is 4.98 Å². The van der Waals surface area contributed by atoms with Crippen molar-refractivity contribution in [3.05, 3.63) is 17.8 Å². The summed E-state index contributed by atoms with van der Waals surface area (Å²) in [6.45, 7) is -0.911. The van der Waals surface area contributed by atoms with Crippen LogP contribution in [-0.2, 0) is 0 Å². The average Bonchev–Trinajstić information content (AvgIpc) is 2.27. The van der Waals surface area contributed by atoms with Crippen molar-refractivity contribution in [2.24, 2.45) is 0 Å². The summed E-state index contributed by atoms with van der Waals surface area (Å²) < 4.78 is 24.7. The molecular formula is C10H12F2N4O. The molecule has 1 rings (SSSR count). The van der Waals surface area contributed by atoms with Crippen LogP contribution in [0.1, 0.15) is 5.56 Å². The minimum absolute atomic E-state index is 0.0179. The van der Waals surface area contributed by atoms with Gasteiger partial charge in [-0.05, 0) is 6.07 Å². The second-order valence-electron chi connectivity index (χ2n) is 3.31. The van der Waals surface area contributed by atoms with Crippen LogP contribution >= 0.6 is 0 Å². The van der Waals surface area contributed by atoms with Crippen LogP contribution in [0, 0.1) is 11.3 Å². The van der Waals surface area contributed by atoms with E-state index in [1.165, 1.54) is 12.3 Å². The van der Waals surface area contributed by atoms with Crippen molar-refractivity contribution in [2.45, 2.75) is 6.43 Å². The summed E-state index contributed by atoms with van der Waals surface area (Å²) in [5, 5.41) is 17.7. The highest BCUT2D eigenvalue weighted by Gasteiger charge is 2.17. The van der Waals surface area contributed by atoms with Gasteiger partial charge in [-0.2, -0.15) is 5.26 Å². The van der Waals surface area contributed by atoms with Gasteiger partial charge in [-0.3, -0.25) is 0 Å². The third kappa shape index (κ3) is 3.53. The molecule has 0 spiro atoms. The summed E-state index contributed by atoms with van der Waals surface area (Å²) in [7, 11) is 0. The molecule has 7 heteroatoms. The Hall–Kier alpha value is -1.94. The van der Waals surface area contributed by atoms with Gasteiger partial charge in [-0.25, -0.2) is 13.8 Å². The van der Waals surface area contributed by atoms with E-state index < -0.39 is 13.0 Å². The van der Waals surface area contributed by atoms with E-state index in [-0.39, 0.29) is 30.2 Å². The van der Waals surface area contributed by atoms with Gasteiger partial charge in [0.25, 0.3) is 6.43 Å². The first-order chi connectivity index (χ1) is 8.08. The van der Waals surface area contributed by atoms with E-state index in [4.69, 9.17) is 16.1 Å². The minimum atomic E-state index is -2.58.